The van der Waals surface area contributed by atoms with E-state index in [0.29, 0.717) is 0 Å². The Bertz CT molecular complexity index is 376. The number of hydrogen-bond donors (Lipinski definition) is 0. The Morgan fingerprint density at radius 2 is 1.78 bits per heavy atom. The first kappa shape index (κ1) is 14.8. The highest BCUT2D eigenvalue weighted by molar-refractivity contribution is 6.70. The Labute approximate surface area is 112 Å². The lowest BCUT2D eigenvalue weighted by Crippen LogP contribution is -2.24. The molecule has 18 heavy (non-hydrogen) atoms. The molecule has 0 saturated heterocycles. The Morgan fingerprint density at radius 1 is 1.17 bits per heavy atom. The smallest absolute Gasteiger partial charge is 0.242 e. The molecule has 0 saturated carbocycles. The van der Waals surface area contributed by atoms with Gasteiger partial charge in [-0.1, -0.05) is 19.9 Å². The van der Waals surface area contributed by atoms with Gasteiger partial charge in [0.2, 0.25) is 8.32 Å². The first-order valence-electron chi connectivity index (χ1n) is 6.53. The fraction of sp³-hybridized carbons (Fsp3) is 0.467. The number of ether oxygens (including phenoxy) is 1. The highest BCUT2D eigenvalue weighted by Gasteiger charge is 2.17. The van der Waals surface area contributed by atoms with Crippen molar-refractivity contribution in [2.24, 2.45) is 0 Å². The largest absolute Gasteiger partial charge is 0.544 e. The molecule has 0 aromatic heterocycles. The minimum absolute atomic E-state index is 0.759. The molecule has 1 aromatic carbocycles. The Kier molecular flexibility index (Phi) is 5.47. The molecule has 2 nitrogen and oxygen atoms in total. The lowest BCUT2D eigenvalue weighted by molar-refractivity contribution is 0.309. The summed E-state index contributed by atoms with van der Waals surface area (Å²) in [6.45, 7) is 13.4. The van der Waals surface area contributed by atoms with E-state index in [9.17, 15) is 0 Å². The first-order valence-corrected chi connectivity index (χ1v) is 9.94. The Balaban J connectivity index is 2.57. The fourth-order valence-corrected chi connectivity index (χ4v) is 2.36. The van der Waals surface area contributed by atoms with Crippen LogP contribution in [0.25, 0.3) is 5.76 Å². The van der Waals surface area contributed by atoms with E-state index in [4.69, 9.17) is 9.16 Å². The van der Waals surface area contributed by atoms with Gasteiger partial charge in [0.05, 0.1) is 6.61 Å². The van der Waals surface area contributed by atoms with Gasteiger partial charge >= 0.3 is 0 Å². The minimum Gasteiger partial charge on any atom is -0.544 e. The molecular weight excluding hydrogens is 240 g/mol. The van der Waals surface area contributed by atoms with E-state index in [0.717, 1.165) is 36.5 Å². The molecule has 0 aliphatic heterocycles. The van der Waals surface area contributed by atoms with Crippen molar-refractivity contribution in [1.82, 2.24) is 0 Å². The maximum absolute atomic E-state index is 5.87. The third kappa shape index (κ3) is 5.41. The summed E-state index contributed by atoms with van der Waals surface area (Å²) in [4.78, 5) is 0. The van der Waals surface area contributed by atoms with Gasteiger partial charge in [0.25, 0.3) is 0 Å². The van der Waals surface area contributed by atoms with Crippen LogP contribution in [-0.4, -0.2) is 14.9 Å². The van der Waals surface area contributed by atoms with E-state index < -0.39 is 8.32 Å². The van der Waals surface area contributed by atoms with E-state index >= 15 is 0 Å². The van der Waals surface area contributed by atoms with Crippen molar-refractivity contribution >= 4 is 14.1 Å². The standard InChI is InChI=1S/C15H24O2Si/c1-6-7-12-16-15-10-8-14(9-11-15)13(2)17-18(3,4)5/h8-11H,2,6-7,12H2,1,3-5H3. The van der Waals surface area contributed by atoms with Gasteiger partial charge in [-0.15, -0.1) is 0 Å². The predicted octanol–water partition coefficient (Wildman–Crippen LogP) is 4.69. The van der Waals surface area contributed by atoms with Crippen LogP contribution in [0.4, 0.5) is 0 Å². The molecule has 1 aromatic rings. The van der Waals surface area contributed by atoms with E-state index in [1.165, 1.54) is 0 Å². The van der Waals surface area contributed by atoms with Gasteiger partial charge in [-0.25, -0.2) is 0 Å². The minimum atomic E-state index is -1.57. The van der Waals surface area contributed by atoms with Gasteiger partial charge in [-0.3, -0.25) is 0 Å². The van der Waals surface area contributed by atoms with Crippen LogP contribution in [0.3, 0.4) is 0 Å². The van der Waals surface area contributed by atoms with Crippen molar-refractivity contribution in [1.29, 1.82) is 0 Å². The lowest BCUT2D eigenvalue weighted by atomic mass is 10.2. The summed E-state index contributed by atoms with van der Waals surface area (Å²) in [5, 5.41) is 0. The van der Waals surface area contributed by atoms with Crippen molar-refractivity contribution in [3.8, 4) is 5.75 Å². The van der Waals surface area contributed by atoms with E-state index in [1.54, 1.807) is 0 Å². The molecule has 0 unspecified atom stereocenters. The van der Waals surface area contributed by atoms with Crippen LogP contribution in [0.15, 0.2) is 30.8 Å². The molecule has 0 heterocycles. The average Bonchev–Trinajstić information content (AvgIpc) is 2.28. The third-order valence-electron chi connectivity index (χ3n) is 2.37. The summed E-state index contributed by atoms with van der Waals surface area (Å²) >= 11 is 0. The third-order valence-corrected chi connectivity index (χ3v) is 3.23. The molecule has 1 rings (SSSR count). The van der Waals surface area contributed by atoms with Gasteiger partial charge in [0, 0.05) is 5.56 Å². The van der Waals surface area contributed by atoms with Crippen molar-refractivity contribution in [2.45, 2.75) is 39.4 Å². The van der Waals surface area contributed by atoms with E-state index in [2.05, 4.69) is 33.1 Å². The second kappa shape index (κ2) is 6.64. The van der Waals surface area contributed by atoms with Crippen LogP contribution < -0.4 is 4.74 Å². The SMILES string of the molecule is C=C(O[Si](C)(C)C)c1ccc(OCCCC)cc1. The average molecular weight is 264 g/mol. The summed E-state index contributed by atoms with van der Waals surface area (Å²) in [6, 6.07) is 7.96. The fourth-order valence-electron chi connectivity index (χ4n) is 1.50. The first-order chi connectivity index (χ1) is 8.42. The summed E-state index contributed by atoms with van der Waals surface area (Å²) in [5.74, 6) is 1.67. The lowest BCUT2D eigenvalue weighted by Gasteiger charge is -2.21. The quantitative estimate of drug-likeness (QED) is 0.404. The molecule has 0 spiro atoms. The number of rotatable bonds is 7. The molecule has 3 heteroatoms. The highest BCUT2D eigenvalue weighted by atomic mass is 28.4. The van der Waals surface area contributed by atoms with E-state index in [1.807, 2.05) is 24.3 Å². The van der Waals surface area contributed by atoms with Gasteiger partial charge in [-0.2, -0.15) is 0 Å². The number of benzene rings is 1. The van der Waals surface area contributed by atoms with Gasteiger partial charge in [0.15, 0.2) is 0 Å². The monoisotopic (exact) mass is 264 g/mol. The predicted molar refractivity (Wildman–Crippen MR) is 80.3 cm³/mol. The van der Waals surface area contributed by atoms with E-state index in [-0.39, 0.29) is 0 Å². The van der Waals surface area contributed by atoms with Gasteiger partial charge in [-0.05, 0) is 50.3 Å². The Morgan fingerprint density at radius 3 is 2.28 bits per heavy atom. The normalized spacial score (nSPS) is 11.1. The summed E-state index contributed by atoms with van der Waals surface area (Å²) in [7, 11) is -1.57. The molecule has 0 atom stereocenters. The molecule has 0 amide bonds. The summed E-state index contributed by atoms with van der Waals surface area (Å²) in [6.07, 6.45) is 2.24. The summed E-state index contributed by atoms with van der Waals surface area (Å²) < 4.78 is 11.5. The highest BCUT2D eigenvalue weighted by Crippen LogP contribution is 2.21. The molecule has 0 N–H and O–H groups in total. The molecule has 0 aliphatic carbocycles. The molecular formula is C15H24O2Si. The second-order valence-electron chi connectivity index (χ2n) is 5.36. The molecule has 100 valence electrons. The van der Waals surface area contributed by atoms with Crippen LogP contribution >= 0.6 is 0 Å². The maximum atomic E-state index is 5.87. The van der Waals surface area contributed by atoms with Crippen LogP contribution in [0, 0.1) is 0 Å². The van der Waals surface area contributed by atoms with Crippen LogP contribution in [0.2, 0.25) is 19.6 Å². The van der Waals surface area contributed by atoms with Gasteiger partial charge < -0.3 is 9.16 Å². The zero-order valence-corrected chi connectivity index (χ0v) is 13.0. The zero-order chi connectivity index (χ0) is 13.6. The molecule has 0 aliphatic rings. The number of hydrogen-bond acceptors (Lipinski definition) is 2. The molecule has 0 bridgehead atoms. The maximum Gasteiger partial charge on any atom is 0.242 e. The topological polar surface area (TPSA) is 18.5 Å². The van der Waals surface area contributed by atoms with Gasteiger partial charge in [0.1, 0.15) is 11.5 Å². The van der Waals surface area contributed by atoms with Crippen LogP contribution in [-0.2, 0) is 4.43 Å². The molecule has 0 fully saturated rings. The number of unbranched alkanes of at least 4 members (excludes halogenated alkanes) is 1. The van der Waals surface area contributed by atoms with Crippen molar-refractivity contribution in [3.63, 3.8) is 0 Å². The molecule has 0 radical (unpaired) electrons. The summed E-state index contributed by atoms with van der Waals surface area (Å²) in [5.41, 5.74) is 1.03. The zero-order valence-electron chi connectivity index (χ0n) is 12.0. The second-order valence-corrected chi connectivity index (χ2v) is 9.79. The van der Waals surface area contributed by atoms with Crippen LogP contribution in [0.5, 0.6) is 5.75 Å². The van der Waals surface area contributed by atoms with Crippen molar-refractivity contribution in [2.75, 3.05) is 6.61 Å². The Hall–Kier alpha value is -1.22. The van der Waals surface area contributed by atoms with Crippen LogP contribution in [0.1, 0.15) is 25.3 Å². The van der Waals surface area contributed by atoms with Crippen molar-refractivity contribution < 1.29 is 9.16 Å². The van der Waals surface area contributed by atoms with Crippen molar-refractivity contribution in [3.05, 3.63) is 36.4 Å².